The Labute approximate surface area is 218 Å². The number of hydrogen-bond acceptors (Lipinski definition) is 6. The first-order valence-corrected chi connectivity index (χ1v) is 12.9. The number of imide groups is 1. The van der Waals surface area contributed by atoms with Crippen LogP contribution >= 0.6 is 0 Å². The molecule has 2 saturated heterocycles. The number of rotatable bonds is 7. The molecule has 0 saturated carbocycles. The van der Waals surface area contributed by atoms with Crippen LogP contribution in [0.5, 0.6) is 0 Å². The molecule has 1 unspecified atom stereocenters. The second-order valence-corrected chi connectivity index (χ2v) is 10.2. The number of amides is 3. The van der Waals surface area contributed by atoms with Crippen LogP contribution in [0.1, 0.15) is 42.4 Å². The van der Waals surface area contributed by atoms with Crippen LogP contribution in [-0.2, 0) is 16.8 Å². The molecule has 192 valence electrons. The summed E-state index contributed by atoms with van der Waals surface area (Å²) in [5, 5.41) is 3.06. The van der Waals surface area contributed by atoms with Gasteiger partial charge in [-0.25, -0.2) is 19.7 Å². The average Bonchev–Trinajstić information content (AvgIpc) is 3.14. The third-order valence-electron chi connectivity index (χ3n) is 7.17. The van der Waals surface area contributed by atoms with Gasteiger partial charge in [0, 0.05) is 50.3 Å². The van der Waals surface area contributed by atoms with E-state index < -0.39 is 5.54 Å². The number of hydrogen-bond donors (Lipinski definition) is 1. The Morgan fingerprint density at radius 2 is 1.57 bits per heavy atom. The van der Waals surface area contributed by atoms with Crippen molar-refractivity contribution < 1.29 is 9.59 Å². The molecule has 3 heterocycles. The second kappa shape index (κ2) is 10.3. The molecular formula is C29H34N6O2. The van der Waals surface area contributed by atoms with E-state index in [4.69, 9.17) is 4.98 Å². The molecule has 2 fully saturated rings. The first-order valence-electron chi connectivity index (χ1n) is 12.9. The summed E-state index contributed by atoms with van der Waals surface area (Å²) in [4.78, 5) is 42.3. The molecule has 0 radical (unpaired) electrons. The molecule has 37 heavy (non-hydrogen) atoms. The first kappa shape index (κ1) is 24.9. The number of carbonyl (C=O) groups is 2. The Balaban J connectivity index is 1.31. The Bertz CT molecular complexity index is 1260. The Kier molecular flexibility index (Phi) is 6.93. The van der Waals surface area contributed by atoms with Crippen molar-refractivity contribution in [3.05, 3.63) is 89.4 Å². The number of carbonyl (C=O) groups excluding carboxylic acids is 2. The van der Waals surface area contributed by atoms with E-state index in [9.17, 15) is 9.59 Å². The summed E-state index contributed by atoms with van der Waals surface area (Å²) >= 11 is 0. The van der Waals surface area contributed by atoms with Crippen molar-refractivity contribution in [1.29, 1.82) is 0 Å². The lowest BCUT2D eigenvalue weighted by Gasteiger charge is -2.37. The van der Waals surface area contributed by atoms with Gasteiger partial charge >= 0.3 is 6.03 Å². The van der Waals surface area contributed by atoms with Gasteiger partial charge in [-0.15, -0.1) is 0 Å². The first-order chi connectivity index (χ1) is 17.9. The molecular weight excluding hydrogens is 464 g/mol. The molecule has 8 heteroatoms. The fraction of sp³-hybridized carbons (Fsp3) is 0.379. The third-order valence-corrected chi connectivity index (χ3v) is 7.17. The predicted molar refractivity (Wildman–Crippen MR) is 143 cm³/mol. The maximum Gasteiger partial charge on any atom is 0.326 e. The zero-order valence-corrected chi connectivity index (χ0v) is 21.7. The van der Waals surface area contributed by atoms with Gasteiger partial charge < -0.3 is 10.2 Å². The minimum atomic E-state index is -1.12. The van der Waals surface area contributed by atoms with Gasteiger partial charge in [0.2, 0.25) is 0 Å². The molecule has 8 nitrogen and oxygen atoms in total. The van der Waals surface area contributed by atoms with E-state index in [0.29, 0.717) is 6.42 Å². The van der Waals surface area contributed by atoms with E-state index in [-0.39, 0.29) is 24.5 Å². The summed E-state index contributed by atoms with van der Waals surface area (Å²) in [5.41, 5.74) is 1.64. The highest BCUT2D eigenvalue weighted by atomic mass is 16.2. The van der Waals surface area contributed by atoms with Gasteiger partial charge in [0.1, 0.15) is 11.6 Å². The summed E-state index contributed by atoms with van der Waals surface area (Å²) in [6.45, 7) is 9.46. The lowest BCUT2D eigenvalue weighted by molar-refractivity contribution is -0.133. The van der Waals surface area contributed by atoms with Gasteiger partial charge in [-0.1, -0.05) is 74.5 Å². The van der Waals surface area contributed by atoms with Gasteiger partial charge in [0.25, 0.3) is 5.91 Å². The van der Waals surface area contributed by atoms with E-state index in [1.165, 1.54) is 4.90 Å². The van der Waals surface area contributed by atoms with E-state index in [2.05, 4.69) is 33.9 Å². The largest absolute Gasteiger partial charge is 0.354 e. The highest BCUT2D eigenvalue weighted by molar-refractivity contribution is 6.07. The molecule has 3 aromatic rings. The topological polar surface area (TPSA) is 81.7 Å². The fourth-order valence-corrected chi connectivity index (χ4v) is 5.11. The monoisotopic (exact) mass is 498 g/mol. The number of urea groups is 1. The van der Waals surface area contributed by atoms with Crippen LogP contribution < -0.4 is 10.2 Å². The van der Waals surface area contributed by atoms with Gasteiger partial charge in [0.15, 0.2) is 5.54 Å². The van der Waals surface area contributed by atoms with Crippen molar-refractivity contribution >= 4 is 17.8 Å². The smallest absolute Gasteiger partial charge is 0.326 e. The van der Waals surface area contributed by atoms with Gasteiger partial charge in [0.05, 0.1) is 6.67 Å². The maximum atomic E-state index is 13.9. The van der Waals surface area contributed by atoms with Crippen molar-refractivity contribution in [2.75, 3.05) is 37.7 Å². The summed E-state index contributed by atoms with van der Waals surface area (Å²) in [7, 11) is 0. The van der Waals surface area contributed by atoms with Crippen LogP contribution in [0, 0.1) is 6.92 Å². The lowest BCUT2D eigenvalue weighted by atomic mass is 9.83. The van der Waals surface area contributed by atoms with Crippen molar-refractivity contribution in [2.45, 2.75) is 38.6 Å². The second-order valence-electron chi connectivity index (χ2n) is 10.2. The Morgan fingerprint density at radius 3 is 2.22 bits per heavy atom. The molecule has 5 rings (SSSR count). The van der Waals surface area contributed by atoms with Crippen LogP contribution in [0.15, 0.2) is 66.7 Å². The summed E-state index contributed by atoms with van der Waals surface area (Å²) in [6.07, 6.45) is 0.401. The van der Waals surface area contributed by atoms with Crippen molar-refractivity contribution in [2.24, 2.45) is 0 Å². The summed E-state index contributed by atoms with van der Waals surface area (Å²) in [5.74, 6) is 1.85. The van der Waals surface area contributed by atoms with Crippen molar-refractivity contribution in [3.8, 4) is 0 Å². The number of anilines is 1. The quantitative estimate of drug-likeness (QED) is 0.501. The predicted octanol–water partition coefficient (Wildman–Crippen LogP) is 3.68. The molecule has 0 aliphatic carbocycles. The highest BCUT2D eigenvalue weighted by Crippen LogP contribution is 2.33. The zero-order chi connectivity index (χ0) is 26.0. The third kappa shape index (κ3) is 5.06. The average molecular weight is 499 g/mol. The van der Waals surface area contributed by atoms with E-state index in [0.717, 1.165) is 54.6 Å². The fourth-order valence-electron chi connectivity index (χ4n) is 5.11. The molecule has 3 amide bonds. The van der Waals surface area contributed by atoms with Crippen LogP contribution in [0.3, 0.4) is 0 Å². The number of piperazine rings is 1. The van der Waals surface area contributed by atoms with Crippen LogP contribution in [0.25, 0.3) is 0 Å². The lowest BCUT2D eigenvalue weighted by Crippen LogP contribution is -2.52. The van der Waals surface area contributed by atoms with Gasteiger partial charge in [-0.2, -0.15) is 0 Å². The number of benzene rings is 2. The molecule has 2 aliphatic heterocycles. The molecule has 0 bridgehead atoms. The van der Waals surface area contributed by atoms with Crippen LogP contribution in [0.2, 0.25) is 0 Å². The molecule has 1 N–H and O–H groups in total. The molecule has 2 aliphatic rings. The normalized spacial score (nSPS) is 20.5. The SMILES string of the molecule is Cc1cc(N2CCN(CN3C(=O)NC(Cc4ccccc4)(c4ccccc4)C3=O)CC2)nc(C(C)C)n1. The highest BCUT2D eigenvalue weighted by Gasteiger charge is 2.52. The van der Waals surface area contributed by atoms with Gasteiger partial charge in [-0.3, -0.25) is 9.69 Å². The van der Waals surface area contributed by atoms with E-state index >= 15 is 0 Å². The van der Waals surface area contributed by atoms with Crippen molar-refractivity contribution in [3.63, 3.8) is 0 Å². The molecule has 0 spiro atoms. The molecule has 1 aromatic heterocycles. The minimum absolute atomic E-state index is 0.206. The number of nitrogens with zero attached hydrogens (tertiary/aromatic N) is 5. The standard InChI is InChI=1S/C29H34N6O2/c1-21(2)26-30-22(3)18-25(31-26)34-16-14-33(15-17-34)20-35-27(36)29(32-28(35)37,24-12-8-5-9-13-24)19-23-10-6-4-7-11-23/h4-13,18,21H,14-17,19-20H2,1-3H3,(H,32,37). The van der Waals surface area contributed by atoms with Crippen molar-refractivity contribution in [1.82, 2.24) is 25.1 Å². The van der Waals surface area contributed by atoms with E-state index in [1.807, 2.05) is 73.7 Å². The molecule has 2 aromatic carbocycles. The summed E-state index contributed by atoms with van der Waals surface area (Å²) in [6, 6.07) is 21.1. The molecule has 1 atom stereocenters. The van der Waals surface area contributed by atoms with Crippen LogP contribution in [0.4, 0.5) is 10.6 Å². The number of nitrogens with one attached hydrogen (secondary N) is 1. The Hall–Kier alpha value is -3.78. The van der Waals surface area contributed by atoms with Gasteiger partial charge in [-0.05, 0) is 18.1 Å². The number of aromatic nitrogens is 2. The minimum Gasteiger partial charge on any atom is -0.354 e. The maximum absolute atomic E-state index is 13.9. The van der Waals surface area contributed by atoms with Crippen LogP contribution in [-0.4, -0.2) is 64.6 Å². The summed E-state index contributed by atoms with van der Waals surface area (Å²) < 4.78 is 0. The Morgan fingerprint density at radius 1 is 0.919 bits per heavy atom. The van der Waals surface area contributed by atoms with E-state index in [1.54, 1.807) is 0 Å². The zero-order valence-electron chi connectivity index (χ0n) is 21.7. The number of aryl methyl sites for hydroxylation is 1.